The van der Waals surface area contributed by atoms with E-state index in [-0.39, 0.29) is 5.54 Å². The van der Waals surface area contributed by atoms with Crippen molar-refractivity contribution in [1.29, 1.82) is 0 Å². The molecule has 66 valence electrons. The fourth-order valence-corrected chi connectivity index (χ4v) is 2.16. The second-order valence-corrected chi connectivity index (χ2v) is 3.77. The summed E-state index contributed by atoms with van der Waals surface area (Å²) in [5.41, 5.74) is 0.155. The molecule has 2 rings (SSSR count). The maximum absolute atomic E-state index is 5.59. The SMILES string of the molecule is C#CC1(N2CCNCC2)CCC1. The van der Waals surface area contributed by atoms with E-state index in [4.69, 9.17) is 6.42 Å². The van der Waals surface area contributed by atoms with E-state index in [0.717, 1.165) is 26.2 Å². The third-order valence-electron chi connectivity index (χ3n) is 3.17. The van der Waals surface area contributed by atoms with Crippen LogP contribution >= 0.6 is 0 Å². The standard InChI is InChI=1S/C10H16N2/c1-2-10(4-3-5-10)12-8-6-11-7-9-12/h1,11H,3-9H2. The molecule has 1 N–H and O–H groups in total. The first kappa shape index (κ1) is 8.10. The summed E-state index contributed by atoms with van der Waals surface area (Å²) in [6.07, 6.45) is 9.32. The third-order valence-corrected chi connectivity index (χ3v) is 3.17. The lowest BCUT2D eigenvalue weighted by atomic mass is 9.75. The number of rotatable bonds is 1. The van der Waals surface area contributed by atoms with Crippen LogP contribution in [0.1, 0.15) is 19.3 Å². The van der Waals surface area contributed by atoms with Crippen LogP contribution in [-0.4, -0.2) is 36.6 Å². The van der Waals surface area contributed by atoms with Crippen molar-refractivity contribution in [3.63, 3.8) is 0 Å². The van der Waals surface area contributed by atoms with Crippen molar-refractivity contribution in [2.45, 2.75) is 24.8 Å². The first-order chi connectivity index (χ1) is 5.87. The number of nitrogens with zero attached hydrogens (tertiary/aromatic N) is 1. The Balaban J connectivity index is 2.01. The van der Waals surface area contributed by atoms with Crippen molar-refractivity contribution in [3.8, 4) is 12.3 Å². The minimum Gasteiger partial charge on any atom is -0.314 e. The summed E-state index contributed by atoms with van der Waals surface area (Å²) >= 11 is 0. The van der Waals surface area contributed by atoms with Crippen LogP contribution in [0.3, 0.4) is 0 Å². The van der Waals surface area contributed by atoms with Gasteiger partial charge in [0, 0.05) is 26.2 Å². The first-order valence-corrected chi connectivity index (χ1v) is 4.81. The van der Waals surface area contributed by atoms with Gasteiger partial charge in [0.25, 0.3) is 0 Å². The van der Waals surface area contributed by atoms with E-state index in [1.807, 2.05) is 0 Å². The van der Waals surface area contributed by atoms with Gasteiger partial charge in [-0.15, -0.1) is 6.42 Å². The molecule has 0 spiro atoms. The Labute approximate surface area is 74.3 Å². The Morgan fingerprint density at radius 3 is 2.33 bits per heavy atom. The summed E-state index contributed by atoms with van der Waals surface area (Å²) < 4.78 is 0. The molecule has 1 aliphatic carbocycles. The van der Waals surface area contributed by atoms with Crippen molar-refractivity contribution in [2.24, 2.45) is 0 Å². The molecular formula is C10H16N2. The summed E-state index contributed by atoms with van der Waals surface area (Å²) in [7, 11) is 0. The Bertz CT molecular complexity index is 194. The third kappa shape index (κ3) is 1.14. The highest BCUT2D eigenvalue weighted by Gasteiger charge is 2.40. The quantitative estimate of drug-likeness (QED) is 0.566. The Morgan fingerprint density at radius 2 is 1.92 bits per heavy atom. The van der Waals surface area contributed by atoms with Gasteiger partial charge in [-0.1, -0.05) is 5.92 Å². The number of hydrogen-bond donors (Lipinski definition) is 1. The number of hydrogen-bond acceptors (Lipinski definition) is 2. The summed E-state index contributed by atoms with van der Waals surface area (Å²) in [5, 5.41) is 3.35. The maximum atomic E-state index is 5.59. The minimum atomic E-state index is 0.155. The fourth-order valence-electron chi connectivity index (χ4n) is 2.16. The van der Waals surface area contributed by atoms with Crippen molar-refractivity contribution in [2.75, 3.05) is 26.2 Å². The summed E-state index contributed by atoms with van der Waals surface area (Å²) in [4.78, 5) is 2.48. The van der Waals surface area contributed by atoms with Crippen LogP contribution in [0.4, 0.5) is 0 Å². The van der Waals surface area contributed by atoms with E-state index in [9.17, 15) is 0 Å². The predicted octanol–water partition coefficient (Wildman–Crippen LogP) is 0.447. The van der Waals surface area contributed by atoms with Gasteiger partial charge in [0.1, 0.15) is 0 Å². The van der Waals surface area contributed by atoms with Crippen LogP contribution < -0.4 is 5.32 Å². The molecule has 2 nitrogen and oxygen atoms in total. The highest BCUT2D eigenvalue weighted by molar-refractivity contribution is 5.18. The Hall–Kier alpha value is -0.520. The molecule has 1 saturated heterocycles. The number of piperazine rings is 1. The van der Waals surface area contributed by atoms with E-state index in [1.165, 1.54) is 19.3 Å². The van der Waals surface area contributed by atoms with Crippen molar-refractivity contribution in [1.82, 2.24) is 10.2 Å². The molecule has 2 fully saturated rings. The molecule has 1 aliphatic heterocycles. The van der Waals surface area contributed by atoms with Gasteiger partial charge >= 0.3 is 0 Å². The zero-order valence-electron chi connectivity index (χ0n) is 7.47. The number of nitrogens with one attached hydrogen (secondary N) is 1. The molecule has 12 heavy (non-hydrogen) atoms. The van der Waals surface area contributed by atoms with Crippen LogP contribution in [0.25, 0.3) is 0 Å². The largest absolute Gasteiger partial charge is 0.314 e. The zero-order valence-corrected chi connectivity index (χ0v) is 7.47. The molecule has 0 aromatic rings. The smallest absolute Gasteiger partial charge is 0.0824 e. The van der Waals surface area contributed by atoms with Crippen molar-refractivity contribution >= 4 is 0 Å². The van der Waals surface area contributed by atoms with Gasteiger partial charge < -0.3 is 5.32 Å². The van der Waals surface area contributed by atoms with E-state index in [1.54, 1.807) is 0 Å². The van der Waals surface area contributed by atoms with Gasteiger partial charge in [-0.3, -0.25) is 4.90 Å². The lowest BCUT2D eigenvalue weighted by Crippen LogP contribution is -2.58. The normalized spacial score (nSPS) is 28.9. The number of terminal acetylenes is 1. The Kier molecular flexibility index (Phi) is 2.08. The van der Waals surface area contributed by atoms with Crippen LogP contribution in [0, 0.1) is 12.3 Å². The molecule has 1 heterocycles. The van der Waals surface area contributed by atoms with Crippen LogP contribution in [-0.2, 0) is 0 Å². The molecule has 2 heteroatoms. The first-order valence-electron chi connectivity index (χ1n) is 4.81. The summed E-state index contributed by atoms with van der Waals surface area (Å²) in [6.45, 7) is 4.46. The molecule has 0 atom stereocenters. The molecule has 0 unspecified atom stereocenters. The average Bonchev–Trinajstić information content (AvgIpc) is 2.05. The van der Waals surface area contributed by atoms with Gasteiger partial charge in [-0.2, -0.15) is 0 Å². The van der Waals surface area contributed by atoms with Crippen molar-refractivity contribution in [3.05, 3.63) is 0 Å². The molecule has 2 aliphatic rings. The lowest BCUT2D eigenvalue weighted by molar-refractivity contribution is 0.0559. The van der Waals surface area contributed by atoms with Crippen molar-refractivity contribution < 1.29 is 0 Å². The molecule has 0 aromatic carbocycles. The fraction of sp³-hybridized carbons (Fsp3) is 0.800. The zero-order chi connectivity index (χ0) is 8.44. The van der Waals surface area contributed by atoms with Crippen LogP contribution in [0.15, 0.2) is 0 Å². The van der Waals surface area contributed by atoms with E-state index < -0.39 is 0 Å². The van der Waals surface area contributed by atoms with Gasteiger partial charge in [0.15, 0.2) is 0 Å². The second-order valence-electron chi connectivity index (χ2n) is 3.77. The molecule has 0 amide bonds. The van der Waals surface area contributed by atoms with E-state index in [2.05, 4.69) is 16.1 Å². The predicted molar refractivity (Wildman–Crippen MR) is 49.9 cm³/mol. The topological polar surface area (TPSA) is 15.3 Å². The highest BCUT2D eigenvalue weighted by Crippen LogP contribution is 2.36. The lowest BCUT2D eigenvalue weighted by Gasteiger charge is -2.48. The van der Waals surface area contributed by atoms with E-state index >= 15 is 0 Å². The monoisotopic (exact) mass is 164 g/mol. The molecular weight excluding hydrogens is 148 g/mol. The van der Waals surface area contributed by atoms with E-state index in [0.29, 0.717) is 0 Å². The van der Waals surface area contributed by atoms with Crippen LogP contribution in [0.2, 0.25) is 0 Å². The molecule has 0 bridgehead atoms. The minimum absolute atomic E-state index is 0.155. The van der Waals surface area contributed by atoms with Gasteiger partial charge in [-0.05, 0) is 19.3 Å². The molecule has 0 radical (unpaired) electrons. The van der Waals surface area contributed by atoms with Gasteiger partial charge in [0.05, 0.1) is 5.54 Å². The Morgan fingerprint density at radius 1 is 1.25 bits per heavy atom. The summed E-state index contributed by atoms with van der Waals surface area (Å²) in [6, 6.07) is 0. The average molecular weight is 164 g/mol. The van der Waals surface area contributed by atoms with Gasteiger partial charge in [-0.25, -0.2) is 0 Å². The molecule has 1 saturated carbocycles. The highest BCUT2D eigenvalue weighted by atomic mass is 15.2. The maximum Gasteiger partial charge on any atom is 0.0824 e. The summed E-state index contributed by atoms with van der Waals surface area (Å²) in [5.74, 6) is 2.98. The van der Waals surface area contributed by atoms with Crippen LogP contribution in [0.5, 0.6) is 0 Å². The van der Waals surface area contributed by atoms with Gasteiger partial charge in [0.2, 0.25) is 0 Å². The molecule has 0 aromatic heterocycles. The second kappa shape index (κ2) is 3.08.